The second-order valence-electron chi connectivity index (χ2n) is 21.5. The van der Waals surface area contributed by atoms with Gasteiger partial charge in [0.2, 0.25) is 5.91 Å². The molecule has 0 saturated carbocycles. The molecule has 0 rings (SSSR count). The van der Waals surface area contributed by atoms with Gasteiger partial charge in [0.15, 0.2) is 0 Å². The summed E-state index contributed by atoms with van der Waals surface area (Å²) in [6.45, 7) is 4.32. The Morgan fingerprint density at radius 2 is 0.565 bits per heavy atom. The number of hydrogen-bond donors (Lipinski definition) is 3. The van der Waals surface area contributed by atoms with Gasteiger partial charge in [-0.3, -0.25) is 4.79 Å². The number of aliphatic hydroxyl groups is 2. The van der Waals surface area contributed by atoms with Gasteiger partial charge in [0.25, 0.3) is 0 Å². The van der Waals surface area contributed by atoms with Crippen molar-refractivity contribution < 1.29 is 15.0 Å². The fraction of sp³-hybridized carbons (Fsp3) is 0.862. The fourth-order valence-corrected chi connectivity index (χ4v) is 9.74. The number of carbonyl (C=O) groups excluding carboxylic acids is 1. The van der Waals surface area contributed by atoms with Crippen molar-refractivity contribution in [2.24, 2.45) is 0 Å². The summed E-state index contributed by atoms with van der Waals surface area (Å²) in [5.41, 5.74) is 0. The summed E-state index contributed by atoms with van der Waals surface area (Å²) >= 11 is 0. The molecule has 0 aromatic heterocycles. The zero-order valence-electron chi connectivity index (χ0n) is 46.8. The van der Waals surface area contributed by atoms with Crippen LogP contribution in [0.25, 0.3) is 0 Å². The van der Waals surface area contributed by atoms with E-state index in [0.717, 1.165) is 38.5 Å². The Labute approximate surface area is 433 Å². The highest BCUT2D eigenvalue weighted by Gasteiger charge is 2.18. The topological polar surface area (TPSA) is 69.6 Å². The highest BCUT2D eigenvalue weighted by atomic mass is 16.3. The maximum atomic E-state index is 12.5. The van der Waals surface area contributed by atoms with Crippen LogP contribution in [0.5, 0.6) is 0 Å². The summed E-state index contributed by atoms with van der Waals surface area (Å²) in [6, 6.07) is -0.645. The molecule has 2 atom stereocenters. The zero-order valence-corrected chi connectivity index (χ0v) is 46.8. The molecule has 4 nitrogen and oxygen atoms in total. The number of nitrogens with one attached hydrogen (secondary N) is 1. The summed E-state index contributed by atoms with van der Waals surface area (Å²) in [7, 11) is 0. The molecule has 0 aliphatic heterocycles. The van der Waals surface area contributed by atoms with Crippen LogP contribution >= 0.6 is 0 Å². The van der Waals surface area contributed by atoms with E-state index in [1.807, 2.05) is 6.08 Å². The minimum absolute atomic E-state index is 0.0722. The van der Waals surface area contributed by atoms with Gasteiger partial charge >= 0.3 is 0 Å². The lowest BCUT2D eigenvalue weighted by molar-refractivity contribution is -0.123. The lowest BCUT2D eigenvalue weighted by Crippen LogP contribution is -2.45. The minimum Gasteiger partial charge on any atom is -0.394 e. The number of allylic oxidation sites excluding steroid dienone is 7. The first-order valence-electron chi connectivity index (χ1n) is 31.4. The quantitative estimate of drug-likeness (QED) is 0.0420. The van der Waals surface area contributed by atoms with E-state index in [1.165, 1.54) is 283 Å². The zero-order chi connectivity index (χ0) is 49.9. The van der Waals surface area contributed by atoms with Crippen molar-refractivity contribution in [1.82, 2.24) is 5.32 Å². The number of aliphatic hydroxyl groups excluding tert-OH is 2. The molecular formula is C65H123NO3. The molecule has 3 N–H and O–H groups in total. The van der Waals surface area contributed by atoms with E-state index in [1.54, 1.807) is 6.08 Å². The second kappa shape index (κ2) is 60.7. The standard InChI is InChI=1S/C65H123NO3/c1-3-5-7-9-11-13-15-17-19-21-23-25-26-27-28-29-30-31-32-33-34-35-36-37-38-39-40-41-43-45-47-49-51-53-55-57-59-61-65(69)66-63(62-67)64(68)60-58-56-54-52-50-48-46-44-42-24-22-20-18-16-14-12-10-8-6-4-2/h21,23,42,44,50,52,58,60,63-64,67-68H,3-20,22,24-41,43,45-49,51,53-57,59,61-62H2,1-2H3,(H,66,69)/b23-21-,44-42+,52-50+,60-58+. The Kier molecular flexibility index (Phi) is 59.2. The van der Waals surface area contributed by atoms with Gasteiger partial charge in [-0.15, -0.1) is 0 Å². The molecule has 0 saturated heterocycles. The van der Waals surface area contributed by atoms with E-state index in [0.29, 0.717) is 6.42 Å². The first-order chi connectivity index (χ1) is 34.2. The second-order valence-corrected chi connectivity index (χ2v) is 21.5. The smallest absolute Gasteiger partial charge is 0.220 e. The van der Waals surface area contributed by atoms with Crippen molar-refractivity contribution in [3.05, 3.63) is 48.6 Å². The number of unbranched alkanes of at least 4 members (excludes halogenated alkanes) is 45. The Morgan fingerprint density at radius 3 is 0.841 bits per heavy atom. The molecule has 0 aliphatic rings. The van der Waals surface area contributed by atoms with Crippen molar-refractivity contribution >= 4 is 5.91 Å². The third kappa shape index (κ3) is 57.1. The van der Waals surface area contributed by atoms with Gasteiger partial charge in [-0.25, -0.2) is 0 Å². The molecule has 0 aromatic carbocycles. The van der Waals surface area contributed by atoms with Crippen molar-refractivity contribution in [3.8, 4) is 0 Å². The van der Waals surface area contributed by atoms with Gasteiger partial charge in [-0.1, -0.05) is 313 Å². The van der Waals surface area contributed by atoms with Crippen molar-refractivity contribution in [2.75, 3.05) is 6.61 Å². The molecule has 0 aromatic rings. The van der Waals surface area contributed by atoms with Crippen molar-refractivity contribution in [3.63, 3.8) is 0 Å². The van der Waals surface area contributed by atoms with E-state index in [-0.39, 0.29) is 12.5 Å². The Hall–Kier alpha value is -1.65. The third-order valence-electron chi connectivity index (χ3n) is 14.5. The van der Waals surface area contributed by atoms with Crippen LogP contribution in [0.1, 0.15) is 341 Å². The van der Waals surface area contributed by atoms with E-state index in [2.05, 4.69) is 55.6 Å². The SMILES string of the molecule is CCCCCCCCCC/C=C\CCCCCCCCCCCCCCCCCCCCCCCCCCCC(=O)NC(CO)C(O)/C=C/CC/C=C/CC/C=C/CCCCCCCCCCCC. The predicted molar refractivity (Wildman–Crippen MR) is 308 cm³/mol. The minimum atomic E-state index is -0.870. The van der Waals surface area contributed by atoms with Crippen LogP contribution in [0.3, 0.4) is 0 Å². The van der Waals surface area contributed by atoms with Gasteiger partial charge in [0.05, 0.1) is 18.8 Å². The summed E-state index contributed by atoms with van der Waals surface area (Å²) < 4.78 is 0. The molecule has 0 heterocycles. The lowest BCUT2D eigenvalue weighted by atomic mass is 10.0. The Balaban J connectivity index is 3.44. The Morgan fingerprint density at radius 1 is 0.333 bits per heavy atom. The highest BCUT2D eigenvalue weighted by molar-refractivity contribution is 5.76. The molecule has 0 aliphatic carbocycles. The normalized spacial score (nSPS) is 13.0. The summed E-state index contributed by atoms with van der Waals surface area (Å²) in [5.74, 6) is -0.0722. The average molecular weight is 967 g/mol. The van der Waals surface area contributed by atoms with Gasteiger partial charge in [0, 0.05) is 6.42 Å². The van der Waals surface area contributed by atoms with Crippen LogP contribution in [0.2, 0.25) is 0 Å². The van der Waals surface area contributed by atoms with E-state index >= 15 is 0 Å². The fourth-order valence-electron chi connectivity index (χ4n) is 9.74. The number of amides is 1. The molecule has 406 valence electrons. The predicted octanol–water partition coefficient (Wildman–Crippen LogP) is 21.0. The molecule has 0 radical (unpaired) electrons. The van der Waals surface area contributed by atoms with Crippen LogP contribution < -0.4 is 5.32 Å². The summed E-state index contributed by atoms with van der Waals surface area (Å²) in [5, 5.41) is 23.2. The van der Waals surface area contributed by atoms with Crippen LogP contribution in [0.4, 0.5) is 0 Å². The average Bonchev–Trinajstić information content (AvgIpc) is 3.35. The Bertz CT molecular complexity index is 1090. The molecule has 4 heteroatoms. The lowest BCUT2D eigenvalue weighted by Gasteiger charge is -2.19. The van der Waals surface area contributed by atoms with Crippen molar-refractivity contribution in [1.29, 1.82) is 0 Å². The van der Waals surface area contributed by atoms with Gasteiger partial charge < -0.3 is 15.5 Å². The van der Waals surface area contributed by atoms with E-state index < -0.39 is 12.1 Å². The van der Waals surface area contributed by atoms with Gasteiger partial charge in [-0.05, 0) is 70.6 Å². The van der Waals surface area contributed by atoms with Gasteiger partial charge in [0.1, 0.15) is 0 Å². The molecule has 2 unspecified atom stereocenters. The van der Waals surface area contributed by atoms with E-state index in [4.69, 9.17) is 0 Å². The van der Waals surface area contributed by atoms with Gasteiger partial charge in [-0.2, -0.15) is 0 Å². The third-order valence-corrected chi connectivity index (χ3v) is 14.5. The molecular weight excluding hydrogens is 843 g/mol. The monoisotopic (exact) mass is 966 g/mol. The summed E-state index contributed by atoms with van der Waals surface area (Å²) in [4.78, 5) is 12.5. The number of rotatable bonds is 58. The molecule has 0 bridgehead atoms. The molecule has 69 heavy (non-hydrogen) atoms. The van der Waals surface area contributed by atoms with Crippen LogP contribution in [-0.4, -0.2) is 34.9 Å². The number of carbonyl (C=O) groups is 1. The van der Waals surface area contributed by atoms with Crippen LogP contribution in [0, 0.1) is 0 Å². The largest absolute Gasteiger partial charge is 0.394 e. The first kappa shape index (κ1) is 67.3. The summed E-state index contributed by atoms with van der Waals surface area (Å²) in [6.07, 6.45) is 84.6. The van der Waals surface area contributed by atoms with Crippen LogP contribution in [-0.2, 0) is 4.79 Å². The maximum Gasteiger partial charge on any atom is 0.220 e. The van der Waals surface area contributed by atoms with Crippen LogP contribution in [0.15, 0.2) is 48.6 Å². The van der Waals surface area contributed by atoms with Crippen molar-refractivity contribution in [2.45, 2.75) is 353 Å². The van der Waals surface area contributed by atoms with E-state index in [9.17, 15) is 15.0 Å². The number of hydrogen-bond acceptors (Lipinski definition) is 3. The molecule has 1 amide bonds. The first-order valence-corrected chi connectivity index (χ1v) is 31.4. The molecule has 0 spiro atoms. The maximum absolute atomic E-state index is 12.5. The molecule has 0 fully saturated rings. The highest BCUT2D eigenvalue weighted by Crippen LogP contribution is 2.18.